The van der Waals surface area contributed by atoms with Crippen LogP contribution in [-0.4, -0.2) is 33.7 Å². The van der Waals surface area contributed by atoms with Crippen LogP contribution in [0.3, 0.4) is 0 Å². The van der Waals surface area contributed by atoms with Crippen molar-refractivity contribution >= 4 is 23.5 Å². The number of furan rings is 1. The number of rotatable bonds is 8. The zero-order valence-corrected chi connectivity index (χ0v) is 14.9. The Bertz CT molecular complexity index is 862. The van der Waals surface area contributed by atoms with E-state index in [1.165, 1.54) is 13.2 Å². The van der Waals surface area contributed by atoms with Gasteiger partial charge in [-0.1, -0.05) is 42.1 Å². The van der Waals surface area contributed by atoms with Crippen molar-refractivity contribution in [3.05, 3.63) is 54.3 Å². The zero-order valence-electron chi connectivity index (χ0n) is 14.0. The number of amides is 1. The molecule has 0 spiro atoms. The SMILES string of the molecule is CC(=O)C(Cc1ccccc1)NC(=O)CSc1nnc(-c2ccco2)o1. The maximum Gasteiger partial charge on any atom is 0.284 e. The molecule has 0 aliphatic rings. The first-order valence-electron chi connectivity index (χ1n) is 7.96. The summed E-state index contributed by atoms with van der Waals surface area (Å²) in [4.78, 5) is 24.0. The maximum atomic E-state index is 12.2. The fraction of sp³-hybridized carbons (Fsp3) is 0.222. The predicted octanol–water partition coefficient (Wildman–Crippen LogP) is 2.74. The van der Waals surface area contributed by atoms with E-state index in [9.17, 15) is 9.59 Å². The lowest BCUT2D eigenvalue weighted by molar-refractivity contribution is -0.125. The first-order valence-corrected chi connectivity index (χ1v) is 8.94. The van der Waals surface area contributed by atoms with Crippen molar-refractivity contribution < 1.29 is 18.4 Å². The number of nitrogens with zero attached hydrogens (tertiary/aromatic N) is 2. The van der Waals surface area contributed by atoms with E-state index >= 15 is 0 Å². The Hall–Kier alpha value is -2.87. The Kier molecular flexibility index (Phi) is 5.85. The Morgan fingerprint density at radius 3 is 2.65 bits per heavy atom. The summed E-state index contributed by atoms with van der Waals surface area (Å²) in [7, 11) is 0. The Morgan fingerprint density at radius 2 is 1.96 bits per heavy atom. The summed E-state index contributed by atoms with van der Waals surface area (Å²) in [5.41, 5.74) is 0.987. The molecule has 0 aliphatic carbocycles. The predicted molar refractivity (Wildman–Crippen MR) is 95.5 cm³/mol. The van der Waals surface area contributed by atoms with E-state index in [-0.39, 0.29) is 28.6 Å². The molecule has 1 amide bonds. The number of hydrogen-bond acceptors (Lipinski definition) is 7. The van der Waals surface area contributed by atoms with Gasteiger partial charge in [0.15, 0.2) is 11.5 Å². The van der Waals surface area contributed by atoms with Gasteiger partial charge < -0.3 is 14.2 Å². The van der Waals surface area contributed by atoms with Gasteiger partial charge in [0.25, 0.3) is 11.1 Å². The Labute approximate surface area is 154 Å². The molecular formula is C18H17N3O4S. The lowest BCUT2D eigenvalue weighted by Crippen LogP contribution is -2.42. The lowest BCUT2D eigenvalue weighted by Gasteiger charge is -2.15. The summed E-state index contributed by atoms with van der Waals surface area (Å²) < 4.78 is 10.6. The fourth-order valence-electron chi connectivity index (χ4n) is 2.28. The molecule has 1 N–H and O–H groups in total. The average molecular weight is 371 g/mol. The molecule has 2 heterocycles. The molecule has 0 aliphatic heterocycles. The van der Waals surface area contributed by atoms with Crippen molar-refractivity contribution in [3.8, 4) is 11.7 Å². The number of Topliss-reactive ketones (excluding diaryl/α,β-unsaturated/α-hetero) is 1. The third kappa shape index (κ3) is 4.82. The van der Waals surface area contributed by atoms with E-state index in [2.05, 4.69) is 15.5 Å². The summed E-state index contributed by atoms with van der Waals surface area (Å²) in [6.07, 6.45) is 1.96. The first kappa shape index (κ1) is 17.9. The molecule has 0 saturated carbocycles. The van der Waals surface area contributed by atoms with Gasteiger partial charge in [0, 0.05) is 0 Å². The van der Waals surface area contributed by atoms with E-state index in [0.717, 1.165) is 17.3 Å². The van der Waals surface area contributed by atoms with Gasteiger partial charge in [-0.3, -0.25) is 9.59 Å². The molecular weight excluding hydrogens is 354 g/mol. The highest BCUT2D eigenvalue weighted by molar-refractivity contribution is 7.99. The quantitative estimate of drug-likeness (QED) is 0.608. The van der Waals surface area contributed by atoms with Crippen molar-refractivity contribution in [3.63, 3.8) is 0 Å². The van der Waals surface area contributed by atoms with Crippen LogP contribution in [0.5, 0.6) is 0 Å². The molecule has 8 heteroatoms. The largest absolute Gasteiger partial charge is 0.459 e. The molecule has 0 fully saturated rings. The van der Waals surface area contributed by atoms with Gasteiger partial charge in [0.1, 0.15) is 0 Å². The minimum absolute atomic E-state index is 0.0678. The van der Waals surface area contributed by atoms with Crippen LogP contribution in [0.1, 0.15) is 12.5 Å². The number of hydrogen-bond donors (Lipinski definition) is 1. The van der Waals surface area contributed by atoms with Gasteiger partial charge in [0.2, 0.25) is 5.91 Å². The second-order valence-corrected chi connectivity index (χ2v) is 6.49. The normalized spacial score (nSPS) is 11.9. The molecule has 7 nitrogen and oxygen atoms in total. The van der Waals surface area contributed by atoms with Crippen molar-refractivity contribution in [2.75, 3.05) is 5.75 Å². The summed E-state index contributed by atoms with van der Waals surface area (Å²) in [6, 6.07) is 12.4. The first-order chi connectivity index (χ1) is 12.6. The van der Waals surface area contributed by atoms with Gasteiger partial charge in [-0.25, -0.2) is 0 Å². The maximum absolute atomic E-state index is 12.2. The van der Waals surface area contributed by atoms with Crippen LogP contribution in [0.2, 0.25) is 0 Å². The summed E-state index contributed by atoms with van der Waals surface area (Å²) in [5, 5.41) is 10.7. The van der Waals surface area contributed by atoms with Crippen LogP contribution in [0, 0.1) is 0 Å². The summed E-state index contributed by atoms with van der Waals surface area (Å²) in [6.45, 7) is 1.47. The molecule has 0 radical (unpaired) electrons. The van der Waals surface area contributed by atoms with Gasteiger partial charge in [-0.15, -0.1) is 10.2 Å². The number of ketones is 1. The number of carbonyl (C=O) groups excluding carboxylic acids is 2. The van der Waals surface area contributed by atoms with Crippen LogP contribution in [0.25, 0.3) is 11.7 Å². The highest BCUT2D eigenvalue weighted by atomic mass is 32.2. The molecule has 1 atom stereocenters. The van der Waals surface area contributed by atoms with Crippen LogP contribution in [-0.2, 0) is 16.0 Å². The van der Waals surface area contributed by atoms with Crippen LogP contribution in [0.15, 0.2) is 62.8 Å². The smallest absolute Gasteiger partial charge is 0.284 e. The summed E-state index contributed by atoms with van der Waals surface area (Å²) >= 11 is 1.10. The topological polar surface area (TPSA) is 98.2 Å². The third-order valence-corrected chi connectivity index (χ3v) is 4.39. The van der Waals surface area contributed by atoms with Crippen molar-refractivity contribution in [1.82, 2.24) is 15.5 Å². The second-order valence-electron chi connectivity index (χ2n) is 5.56. The molecule has 3 rings (SSSR count). The molecule has 1 aromatic carbocycles. The van der Waals surface area contributed by atoms with E-state index in [1.54, 1.807) is 12.1 Å². The van der Waals surface area contributed by atoms with Gasteiger partial charge in [0.05, 0.1) is 18.1 Å². The zero-order chi connectivity index (χ0) is 18.4. The number of nitrogens with one attached hydrogen (secondary N) is 1. The van der Waals surface area contributed by atoms with Crippen molar-refractivity contribution in [2.45, 2.75) is 24.6 Å². The Balaban J connectivity index is 1.53. The highest BCUT2D eigenvalue weighted by Gasteiger charge is 2.19. The molecule has 0 saturated heterocycles. The van der Waals surface area contributed by atoms with Gasteiger partial charge in [-0.05, 0) is 31.0 Å². The highest BCUT2D eigenvalue weighted by Crippen LogP contribution is 2.23. The van der Waals surface area contributed by atoms with Gasteiger partial charge >= 0.3 is 0 Å². The van der Waals surface area contributed by atoms with E-state index in [1.807, 2.05) is 30.3 Å². The molecule has 1 unspecified atom stereocenters. The Morgan fingerprint density at radius 1 is 1.15 bits per heavy atom. The molecule has 3 aromatic rings. The number of carbonyl (C=O) groups is 2. The third-order valence-electron chi connectivity index (χ3n) is 3.57. The van der Waals surface area contributed by atoms with Crippen molar-refractivity contribution in [1.29, 1.82) is 0 Å². The van der Waals surface area contributed by atoms with E-state index < -0.39 is 6.04 Å². The molecule has 2 aromatic heterocycles. The van der Waals surface area contributed by atoms with Crippen molar-refractivity contribution in [2.24, 2.45) is 0 Å². The molecule has 134 valence electrons. The number of thioether (sulfide) groups is 1. The van der Waals surface area contributed by atoms with Crippen LogP contribution in [0.4, 0.5) is 0 Å². The second kappa shape index (κ2) is 8.48. The molecule has 0 bridgehead atoms. The number of aromatic nitrogens is 2. The van der Waals surface area contributed by atoms with Crippen LogP contribution >= 0.6 is 11.8 Å². The fourth-order valence-corrected chi connectivity index (χ4v) is 2.85. The summed E-state index contributed by atoms with van der Waals surface area (Å²) in [5.74, 6) is 0.420. The monoisotopic (exact) mass is 371 g/mol. The van der Waals surface area contributed by atoms with Crippen LogP contribution < -0.4 is 5.32 Å². The average Bonchev–Trinajstić information content (AvgIpc) is 3.31. The van der Waals surface area contributed by atoms with E-state index in [0.29, 0.717) is 12.2 Å². The number of benzene rings is 1. The standard InChI is InChI=1S/C18H17N3O4S/c1-12(22)14(10-13-6-3-2-4-7-13)19-16(23)11-26-18-21-20-17(25-18)15-8-5-9-24-15/h2-9,14H,10-11H2,1H3,(H,19,23). The van der Waals surface area contributed by atoms with E-state index in [4.69, 9.17) is 8.83 Å². The lowest BCUT2D eigenvalue weighted by atomic mass is 10.0. The minimum atomic E-state index is -0.563. The molecule has 26 heavy (non-hydrogen) atoms. The minimum Gasteiger partial charge on any atom is -0.459 e. The van der Waals surface area contributed by atoms with Gasteiger partial charge in [-0.2, -0.15) is 0 Å².